The van der Waals surface area contributed by atoms with Crippen LogP contribution in [0, 0.1) is 0 Å². The largest absolute Gasteiger partial charge is 0.439 e. The predicted octanol–water partition coefficient (Wildman–Crippen LogP) is 3.16. The molecule has 2 rings (SSSR count). The van der Waals surface area contributed by atoms with Crippen molar-refractivity contribution in [1.29, 1.82) is 0 Å². The van der Waals surface area contributed by atoms with Crippen LogP contribution in [0.1, 0.15) is 18.6 Å². The fourth-order valence-corrected chi connectivity index (χ4v) is 2.15. The summed E-state index contributed by atoms with van der Waals surface area (Å²) in [6.45, 7) is 1.87. The molecule has 1 aromatic rings. The quantitative estimate of drug-likeness (QED) is 0.826. The topological polar surface area (TPSA) is 38.3 Å². The molecule has 0 bridgehead atoms. The monoisotopic (exact) mass is 245 g/mol. The van der Waals surface area contributed by atoms with Gasteiger partial charge in [-0.25, -0.2) is 4.79 Å². The first-order chi connectivity index (χ1) is 7.06. The third-order valence-electron chi connectivity index (χ3n) is 2.25. The van der Waals surface area contributed by atoms with Gasteiger partial charge in [0.25, 0.3) is 0 Å². The lowest BCUT2D eigenvalue weighted by atomic mass is 10.0. The highest BCUT2D eigenvalue weighted by Crippen LogP contribution is 2.30. The fourth-order valence-electron chi connectivity index (χ4n) is 1.61. The van der Waals surface area contributed by atoms with Crippen LogP contribution in [0.5, 0.6) is 0 Å². The molecule has 1 heterocycles. The Bertz CT molecular complexity index is 388. The van der Waals surface area contributed by atoms with Crippen molar-refractivity contribution >= 4 is 29.3 Å². The lowest BCUT2D eigenvalue weighted by Crippen LogP contribution is -2.23. The number of benzene rings is 1. The molecule has 1 fully saturated rings. The van der Waals surface area contributed by atoms with Crippen LogP contribution in [-0.2, 0) is 4.74 Å². The minimum Gasteiger partial charge on any atom is -0.439 e. The molecule has 0 aromatic heterocycles. The zero-order valence-electron chi connectivity index (χ0n) is 7.96. The van der Waals surface area contributed by atoms with Gasteiger partial charge in [-0.05, 0) is 30.7 Å². The summed E-state index contributed by atoms with van der Waals surface area (Å²) in [5, 5.41) is 3.73. The number of hydrogen-bond donors (Lipinski definition) is 1. The maximum absolute atomic E-state index is 11.0. The zero-order valence-corrected chi connectivity index (χ0v) is 9.47. The summed E-state index contributed by atoms with van der Waals surface area (Å²) < 4.78 is 5.10. The lowest BCUT2D eigenvalue weighted by Gasteiger charge is -2.13. The Morgan fingerprint density at radius 3 is 2.33 bits per heavy atom. The van der Waals surface area contributed by atoms with Gasteiger partial charge in [-0.2, -0.15) is 0 Å². The molecule has 1 aliphatic rings. The molecule has 0 saturated carbocycles. The number of carbonyl (C=O) groups excluding carboxylic acids is 1. The van der Waals surface area contributed by atoms with E-state index in [0.717, 1.165) is 5.56 Å². The van der Waals surface area contributed by atoms with Crippen molar-refractivity contribution in [3.8, 4) is 0 Å². The van der Waals surface area contributed by atoms with Gasteiger partial charge in [-0.3, -0.25) is 0 Å². The summed E-state index contributed by atoms with van der Waals surface area (Å²) in [7, 11) is 0. The summed E-state index contributed by atoms with van der Waals surface area (Å²) in [5.41, 5.74) is 0.804. The lowest BCUT2D eigenvalue weighted by molar-refractivity contribution is 0.134. The van der Waals surface area contributed by atoms with E-state index in [9.17, 15) is 4.79 Å². The van der Waals surface area contributed by atoms with Crippen molar-refractivity contribution in [2.45, 2.75) is 19.1 Å². The average molecular weight is 246 g/mol. The van der Waals surface area contributed by atoms with Gasteiger partial charge in [0.15, 0.2) is 0 Å². The Hall–Kier alpha value is -0.930. The summed E-state index contributed by atoms with van der Waals surface area (Å²) in [6.07, 6.45) is -0.739. The second-order valence-electron chi connectivity index (χ2n) is 3.46. The van der Waals surface area contributed by atoms with Crippen LogP contribution in [0.4, 0.5) is 4.79 Å². The third kappa shape index (κ3) is 2.19. The van der Waals surface area contributed by atoms with Gasteiger partial charge in [-0.1, -0.05) is 23.2 Å². The van der Waals surface area contributed by atoms with Crippen LogP contribution in [0.2, 0.25) is 10.0 Å². The minimum atomic E-state index is -0.413. The number of rotatable bonds is 1. The predicted molar refractivity (Wildman–Crippen MR) is 58.3 cm³/mol. The first-order valence-corrected chi connectivity index (χ1v) is 5.25. The van der Waals surface area contributed by atoms with Crippen molar-refractivity contribution < 1.29 is 9.53 Å². The number of amides is 1. The van der Waals surface area contributed by atoms with Crippen LogP contribution in [0.15, 0.2) is 18.2 Å². The van der Waals surface area contributed by atoms with Crippen molar-refractivity contribution in [2.75, 3.05) is 0 Å². The second kappa shape index (κ2) is 3.91. The second-order valence-corrected chi connectivity index (χ2v) is 4.33. The van der Waals surface area contributed by atoms with Crippen LogP contribution < -0.4 is 5.32 Å². The number of hydrogen-bond acceptors (Lipinski definition) is 2. The number of cyclic esters (lactones) is 1. The third-order valence-corrected chi connectivity index (χ3v) is 2.68. The van der Waals surface area contributed by atoms with Gasteiger partial charge in [-0.15, -0.1) is 0 Å². The molecule has 0 spiro atoms. The maximum Gasteiger partial charge on any atom is 0.408 e. The normalized spacial score (nSPS) is 24.9. The van der Waals surface area contributed by atoms with Crippen LogP contribution >= 0.6 is 23.2 Å². The molecule has 3 nitrogen and oxygen atoms in total. The number of alkyl carbamates (subject to hydrolysis) is 1. The molecule has 0 radical (unpaired) electrons. The van der Waals surface area contributed by atoms with E-state index in [1.54, 1.807) is 18.2 Å². The average Bonchev–Trinajstić information content (AvgIpc) is 2.43. The van der Waals surface area contributed by atoms with Crippen molar-refractivity contribution in [3.63, 3.8) is 0 Å². The Morgan fingerprint density at radius 2 is 1.87 bits per heavy atom. The van der Waals surface area contributed by atoms with Gasteiger partial charge < -0.3 is 10.1 Å². The maximum atomic E-state index is 11.0. The molecule has 1 N–H and O–H groups in total. The fraction of sp³-hybridized carbons (Fsp3) is 0.300. The Labute approximate surface area is 97.3 Å². The minimum absolute atomic E-state index is 0.0768. The zero-order chi connectivity index (χ0) is 11.0. The summed E-state index contributed by atoms with van der Waals surface area (Å²) >= 11 is 11.7. The van der Waals surface area contributed by atoms with E-state index in [1.807, 2.05) is 6.92 Å². The molecule has 0 aliphatic carbocycles. The number of nitrogens with one attached hydrogen (secondary N) is 1. The molecular formula is C10H9Cl2NO2. The molecular weight excluding hydrogens is 237 g/mol. The van der Waals surface area contributed by atoms with E-state index in [0.29, 0.717) is 10.0 Å². The first-order valence-electron chi connectivity index (χ1n) is 4.49. The number of carbonyl (C=O) groups is 1. The Balaban J connectivity index is 2.33. The van der Waals surface area contributed by atoms with Crippen LogP contribution in [0.25, 0.3) is 0 Å². The Kier molecular flexibility index (Phi) is 2.76. The molecule has 1 aromatic carbocycles. The molecule has 2 atom stereocenters. The van der Waals surface area contributed by atoms with E-state index in [-0.39, 0.29) is 12.1 Å². The highest BCUT2D eigenvalue weighted by molar-refractivity contribution is 6.34. The molecule has 1 saturated heterocycles. The van der Waals surface area contributed by atoms with E-state index in [1.165, 1.54) is 0 Å². The van der Waals surface area contributed by atoms with Crippen molar-refractivity contribution in [1.82, 2.24) is 5.32 Å². The van der Waals surface area contributed by atoms with Crippen molar-refractivity contribution in [2.24, 2.45) is 0 Å². The molecule has 1 aliphatic heterocycles. The summed E-state index contributed by atoms with van der Waals surface area (Å²) in [5.74, 6) is 0. The van der Waals surface area contributed by atoms with Gasteiger partial charge in [0.1, 0.15) is 6.10 Å². The molecule has 15 heavy (non-hydrogen) atoms. The van der Waals surface area contributed by atoms with Crippen LogP contribution in [0.3, 0.4) is 0 Å². The standard InChI is InChI=1S/C10H9Cl2NO2/c1-5-9(15-10(14)13-5)6-2-7(11)4-8(12)3-6/h2-5,9H,1H3,(H,13,14)/t5-,9-/m0/s1. The number of halogens is 2. The number of ether oxygens (including phenoxy) is 1. The highest BCUT2D eigenvalue weighted by Gasteiger charge is 2.32. The molecule has 80 valence electrons. The molecule has 1 amide bonds. The molecule has 0 unspecified atom stereocenters. The van der Waals surface area contributed by atoms with E-state index < -0.39 is 6.09 Å². The SMILES string of the molecule is C[C@@H]1NC(=O)O[C@@H]1c1cc(Cl)cc(Cl)c1. The highest BCUT2D eigenvalue weighted by atomic mass is 35.5. The Morgan fingerprint density at radius 1 is 1.27 bits per heavy atom. The van der Waals surface area contributed by atoms with Crippen molar-refractivity contribution in [3.05, 3.63) is 33.8 Å². The van der Waals surface area contributed by atoms with Crippen LogP contribution in [-0.4, -0.2) is 12.1 Å². The summed E-state index contributed by atoms with van der Waals surface area (Å²) in [6, 6.07) is 5.05. The van der Waals surface area contributed by atoms with Gasteiger partial charge in [0, 0.05) is 10.0 Å². The van der Waals surface area contributed by atoms with Gasteiger partial charge in [0.05, 0.1) is 6.04 Å². The smallest absolute Gasteiger partial charge is 0.408 e. The summed E-state index contributed by atoms with van der Waals surface area (Å²) in [4.78, 5) is 11.0. The molecule has 5 heteroatoms. The van der Waals surface area contributed by atoms with E-state index in [4.69, 9.17) is 27.9 Å². The first kappa shape index (κ1) is 10.6. The van der Waals surface area contributed by atoms with E-state index >= 15 is 0 Å². The van der Waals surface area contributed by atoms with E-state index in [2.05, 4.69) is 5.32 Å². The van der Waals surface area contributed by atoms with Gasteiger partial charge in [0.2, 0.25) is 0 Å². The van der Waals surface area contributed by atoms with Gasteiger partial charge >= 0.3 is 6.09 Å².